The summed E-state index contributed by atoms with van der Waals surface area (Å²) < 4.78 is 18.4. The maximum absolute atomic E-state index is 6.34. The van der Waals surface area contributed by atoms with Gasteiger partial charge in [0.1, 0.15) is 0 Å². The van der Waals surface area contributed by atoms with Crippen LogP contribution in [0.4, 0.5) is 0 Å². The highest BCUT2D eigenvalue weighted by atomic mass is 28.4. The van der Waals surface area contributed by atoms with Crippen molar-refractivity contribution in [2.75, 3.05) is 19.8 Å². The van der Waals surface area contributed by atoms with Crippen LogP contribution in [-0.4, -0.2) is 28.6 Å². The maximum Gasteiger partial charge on any atom is 0.537 e. The maximum atomic E-state index is 6.34. The number of hydrogen-bond donors (Lipinski definition) is 0. The van der Waals surface area contributed by atoms with Gasteiger partial charge in [0.05, 0.1) is 0 Å². The molecule has 4 heteroatoms. The van der Waals surface area contributed by atoms with E-state index in [9.17, 15) is 0 Å². The highest BCUT2D eigenvalue weighted by Crippen LogP contribution is 2.18. The lowest BCUT2D eigenvalue weighted by molar-refractivity contribution is 0.0658. The number of unbranched alkanes of at least 4 members (excludes halogenated alkanes) is 1. The van der Waals surface area contributed by atoms with Gasteiger partial charge in [0.25, 0.3) is 0 Å². The van der Waals surface area contributed by atoms with E-state index in [1.165, 1.54) is 19.3 Å². The summed E-state index contributed by atoms with van der Waals surface area (Å²) in [6.07, 6.45) is 4.84. The number of hydrogen-bond acceptors (Lipinski definition) is 3. The molecule has 0 N–H and O–H groups in total. The average molecular weight is 325 g/mol. The van der Waals surface area contributed by atoms with Gasteiger partial charge in [0.15, 0.2) is 0 Å². The van der Waals surface area contributed by atoms with E-state index in [0.717, 1.165) is 18.2 Å². The van der Waals surface area contributed by atoms with Crippen LogP contribution in [-0.2, 0) is 13.3 Å². The first-order chi connectivity index (χ1) is 10.7. The fourth-order valence-corrected chi connectivity index (χ4v) is 5.09. The van der Waals surface area contributed by atoms with Crippen molar-refractivity contribution in [1.82, 2.24) is 0 Å². The van der Waals surface area contributed by atoms with Gasteiger partial charge in [-0.1, -0.05) is 63.4 Å². The molecule has 0 radical (unpaired) electrons. The van der Waals surface area contributed by atoms with Crippen molar-refractivity contribution in [3.05, 3.63) is 30.3 Å². The molecule has 0 aromatic heterocycles. The van der Waals surface area contributed by atoms with Crippen molar-refractivity contribution in [2.24, 2.45) is 5.92 Å². The Labute approximate surface area is 137 Å². The molecule has 1 aromatic rings. The lowest BCUT2D eigenvalue weighted by Gasteiger charge is -2.30. The van der Waals surface area contributed by atoms with Crippen LogP contribution in [0, 0.1) is 5.92 Å². The molecule has 0 heterocycles. The monoisotopic (exact) mass is 324 g/mol. The van der Waals surface area contributed by atoms with E-state index in [4.69, 9.17) is 13.3 Å². The smallest absolute Gasteiger partial charge is 0.370 e. The van der Waals surface area contributed by atoms with Gasteiger partial charge >= 0.3 is 8.80 Å². The number of benzene rings is 1. The van der Waals surface area contributed by atoms with Crippen molar-refractivity contribution < 1.29 is 13.3 Å². The van der Waals surface area contributed by atoms with Crippen molar-refractivity contribution in [1.29, 1.82) is 0 Å². The fourth-order valence-electron chi connectivity index (χ4n) is 2.52. The molecule has 1 aromatic carbocycles. The van der Waals surface area contributed by atoms with Crippen LogP contribution in [0.5, 0.6) is 0 Å². The van der Waals surface area contributed by atoms with E-state index >= 15 is 0 Å². The minimum absolute atomic E-state index is 0.580. The molecule has 22 heavy (non-hydrogen) atoms. The Hall–Kier alpha value is -0.683. The minimum Gasteiger partial charge on any atom is -0.370 e. The fraction of sp³-hybridized carbons (Fsp3) is 0.667. The summed E-state index contributed by atoms with van der Waals surface area (Å²) in [6.45, 7) is 10.4. The normalized spacial score (nSPS) is 13.3. The van der Waals surface area contributed by atoms with E-state index in [1.54, 1.807) is 0 Å². The molecule has 1 atom stereocenters. The molecule has 1 rings (SSSR count). The SMILES string of the molecule is CCCCC(CC)CO[Si](OCC)(OCC)c1ccccc1. The summed E-state index contributed by atoms with van der Waals surface area (Å²) in [6, 6.07) is 10.2. The van der Waals surface area contributed by atoms with Crippen LogP contribution in [0.1, 0.15) is 53.4 Å². The highest BCUT2D eigenvalue weighted by molar-refractivity contribution is 6.75. The average Bonchev–Trinajstić information content (AvgIpc) is 2.56. The van der Waals surface area contributed by atoms with E-state index < -0.39 is 8.80 Å². The van der Waals surface area contributed by atoms with E-state index in [0.29, 0.717) is 19.1 Å². The topological polar surface area (TPSA) is 27.7 Å². The van der Waals surface area contributed by atoms with Gasteiger partial charge in [-0.05, 0) is 26.2 Å². The largest absolute Gasteiger partial charge is 0.537 e. The first-order valence-corrected chi connectivity index (χ1v) is 10.4. The molecular formula is C18H32O3Si. The van der Waals surface area contributed by atoms with Crippen LogP contribution < -0.4 is 5.19 Å². The summed E-state index contributed by atoms with van der Waals surface area (Å²) in [7, 11) is -2.79. The lowest BCUT2D eigenvalue weighted by atomic mass is 10.0. The van der Waals surface area contributed by atoms with Gasteiger partial charge in [-0.2, -0.15) is 0 Å². The molecule has 0 fully saturated rings. The molecule has 3 nitrogen and oxygen atoms in total. The van der Waals surface area contributed by atoms with Gasteiger partial charge in [0, 0.05) is 25.0 Å². The predicted octanol–water partition coefficient (Wildman–Crippen LogP) is 4.14. The Morgan fingerprint density at radius 2 is 1.55 bits per heavy atom. The summed E-state index contributed by atoms with van der Waals surface area (Å²) >= 11 is 0. The van der Waals surface area contributed by atoms with Crippen molar-refractivity contribution in [3.8, 4) is 0 Å². The van der Waals surface area contributed by atoms with Crippen LogP contribution in [0.2, 0.25) is 0 Å². The van der Waals surface area contributed by atoms with Crippen molar-refractivity contribution in [2.45, 2.75) is 53.4 Å². The molecule has 0 saturated carbocycles. The molecule has 0 aliphatic heterocycles. The van der Waals surface area contributed by atoms with E-state index in [2.05, 4.69) is 26.0 Å². The van der Waals surface area contributed by atoms with Gasteiger partial charge in [-0.25, -0.2) is 0 Å². The molecular weight excluding hydrogens is 292 g/mol. The zero-order valence-electron chi connectivity index (χ0n) is 14.6. The third-order valence-electron chi connectivity index (χ3n) is 3.85. The Kier molecular flexibility index (Phi) is 9.63. The Morgan fingerprint density at radius 1 is 0.909 bits per heavy atom. The Morgan fingerprint density at radius 3 is 2.05 bits per heavy atom. The number of rotatable bonds is 12. The molecule has 0 aliphatic carbocycles. The van der Waals surface area contributed by atoms with Crippen LogP contribution in [0.25, 0.3) is 0 Å². The molecule has 126 valence electrons. The lowest BCUT2D eigenvalue weighted by Crippen LogP contribution is -2.57. The first kappa shape index (κ1) is 19.4. The minimum atomic E-state index is -2.79. The second-order valence-corrected chi connectivity index (χ2v) is 8.07. The molecule has 0 bridgehead atoms. The van der Waals surface area contributed by atoms with Gasteiger partial charge in [-0.15, -0.1) is 0 Å². The third kappa shape index (κ3) is 5.84. The standard InChI is InChI=1S/C18H32O3Si/c1-5-9-13-17(6-2)16-21-22(19-7-3,20-8-4)18-14-11-10-12-15-18/h10-12,14-15,17H,5-9,13,16H2,1-4H3. The van der Waals surface area contributed by atoms with Gasteiger partial charge in [0.2, 0.25) is 0 Å². The quantitative estimate of drug-likeness (QED) is 0.541. The summed E-state index contributed by atoms with van der Waals surface area (Å²) in [4.78, 5) is 0. The van der Waals surface area contributed by atoms with Crippen molar-refractivity contribution >= 4 is 14.0 Å². The van der Waals surface area contributed by atoms with Gasteiger partial charge in [-0.3, -0.25) is 0 Å². The van der Waals surface area contributed by atoms with Crippen LogP contribution in [0.3, 0.4) is 0 Å². The summed E-state index contributed by atoms with van der Waals surface area (Å²) in [5.41, 5.74) is 0. The summed E-state index contributed by atoms with van der Waals surface area (Å²) in [5, 5.41) is 1.06. The second-order valence-electron chi connectivity index (χ2n) is 5.52. The highest BCUT2D eigenvalue weighted by Gasteiger charge is 2.43. The third-order valence-corrected chi connectivity index (χ3v) is 6.77. The van der Waals surface area contributed by atoms with E-state index in [1.807, 2.05) is 32.0 Å². The zero-order valence-corrected chi connectivity index (χ0v) is 15.6. The van der Waals surface area contributed by atoms with E-state index in [-0.39, 0.29) is 0 Å². The molecule has 1 unspecified atom stereocenters. The predicted molar refractivity (Wildman–Crippen MR) is 94.3 cm³/mol. The molecule has 0 spiro atoms. The molecule has 0 amide bonds. The Balaban J connectivity index is 2.85. The van der Waals surface area contributed by atoms with Crippen LogP contribution in [0.15, 0.2) is 30.3 Å². The first-order valence-electron chi connectivity index (χ1n) is 8.69. The second kappa shape index (κ2) is 10.9. The van der Waals surface area contributed by atoms with Gasteiger partial charge < -0.3 is 13.3 Å². The van der Waals surface area contributed by atoms with Crippen LogP contribution >= 0.6 is 0 Å². The zero-order chi connectivity index (χ0) is 16.3. The molecule has 0 saturated heterocycles. The Bertz CT molecular complexity index is 377. The molecule has 0 aliphatic rings. The summed E-state index contributed by atoms with van der Waals surface area (Å²) in [5.74, 6) is 0.580. The van der Waals surface area contributed by atoms with Crippen molar-refractivity contribution in [3.63, 3.8) is 0 Å².